The summed E-state index contributed by atoms with van der Waals surface area (Å²) in [4.78, 5) is 23.6. The van der Waals surface area contributed by atoms with Crippen LogP contribution in [0.3, 0.4) is 0 Å². The summed E-state index contributed by atoms with van der Waals surface area (Å²) in [5, 5.41) is 12.1. The highest BCUT2D eigenvalue weighted by Gasteiger charge is 2.35. The van der Waals surface area contributed by atoms with Crippen molar-refractivity contribution in [3.8, 4) is 0 Å². The van der Waals surface area contributed by atoms with Gasteiger partial charge in [-0.25, -0.2) is 0 Å². The standard InChI is InChI=1S/C16H21NO3/c1-10-7-11(2)9-12(8-10)17-15(18)13-5-3-4-6-14(13)16(19)20/h7-9,13-14H,3-6H2,1-2H3,(H,17,18)(H,19,20)/t13-,14+/m0/s1. The van der Waals surface area contributed by atoms with Crippen molar-refractivity contribution < 1.29 is 14.7 Å². The average molecular weight is 275 g/mol. The Morgan fingerprint density at radius 1 is 1.05 bits per heavy atom. The fourth-order valence-electron chi connectivity index (χ4n) is 3.02. The molecule has 4 heteroatoms. The first-order valence-electron chi connectivity index (χ1n) is 7.09. The minimum absolute atomic E-state index is 0.165. The van der Waals surface area contributed by atoms with Crippen LogP contribution >= 0.6 is 0 Å². The van der Waals surface area contributed by atoms with E-state index >= 15 is 0 Å². The van der Waals surface area contributed by atoms with Gasteiger partial charge in [0.25, 0.3) is 0 Å². The smallest absolute Gasteiger partial charge is 0.307 e. The number of anilines is 1. The van der Waals surface area contributed by atoms with Crippen LogP contribution in [0.15, 0.2) is 18.2 Å². The van der Waals surface area contributed by atoms with Gasteiger partial charge >= 0.3 is 5.97 Å². The average Bonchev–Trinajstić information content (AvgIpc) is 2.37. The van der Waals surface area contributed by atoms with Crippen molar-refractivity contribution in [3.63, 3.8) is 0 Å². The molecule has 1 amide bonds. The number of carbonyl (C=O) groups is 2. The molecule has 1 aromatic carbocycles. The van der Waals surface area contributed by atoms with Gasteiger partial charge in [0.2, 0.25) is 5.91 Å². The molecule has 0 spiro atoms. The molecule has 4 nitrogen and oxygen atoms in total. The summed E-state index contributed by atoms with van der Waals surface area (Å²) in [5.41, 5.74) is 2.92. The van der Waals surface area contributed by atoms with E-state index in [0.29, 0.717) is 12.8 Å². The number of aliphatic carboxylic acids is 1. The number of amides is 1. The third kappa shape index (κ3) is 3.38. The molecule has 2 N–H and O–H groups in total. The summed E-state index contributed by atoms with van der Waals surface area (Å²) < 4.78 is 0. The second kappa shape index (κ2) is 6.07. The first-order chi connectivity index (χ1) is 9.47. The van der Waals surface area contributed by atoms with Gasteiger partial charge in [0, 0.05) is 5.69 Å². The number of carboxylic acid groups (broad SMARTS) is 1. The Hall–Kier alpha value is -1.84. The predicted octanol–water partition coefficient (Wildman–Crippen LogP) is 3.13. The van der Waals surface area contributed by atoms with E-state index in [1.165, 1.54) is 0 Å². The highest BCUT2D eigenvalue weighted by atomic mass is 16.4. The predicted molar refractivity (Wildman–Crippen MR) is 77.6 cm³/mol. The maximum atomic E-state index is 12.3. The molecule has 0 aliphatic heterocycles. The van der Waals surface area contributed by atoms with Gasteiger partial charge in [0.1, 0.15) is 0 Å². The van der Waals surface area contributed by atoms with E-state index in [1.807, 2.05) is 32.0 Å². The van der Waals surface area contributed by atoms with Crippen LogP contribution in [0.5, 0.6) is 0 Å². The molecule has 2 rings (SSSR count). The number of hydrogen-bond acceptors (Lipinski definition) is 2. The van der Waals surface area contributed by atoms with Crippen molar-refractivity contribution in [1.29, 1.82) is 0 Å². The number of hydrogen-bond donors (Lipinski definition) is 2. The summed E-state index contributed by atoms with van der Waals surface area (Å²) in [6.45, 7) is 3.95. The van der Waals surface area contributed by atoms with E-state index in [0.717, 1.165) is 29.7 Å². The first kappa shape index (κ1) is 14.6. The maximum absolute atomic E-state index is 12.3. The Labute approximate surface area is 119 Å². The van der Waals surface area contributed by atoms with Crippen molar-refractivity contribution in [2.24, 2.45) is 11.8 Å². The van der Waals surface area contributed by atoms with Gasteiger partial charge in [-0.05, 0) is 49.9 Å². The second-order valence-electron chi connectivity index (χ2n) is 5.70. The van der Waals surface area contributed by atoms with Crippen LogP contribution in [0.4, 0.5) is 5.69 Å². The molecule has 1 fully saturated rings. The summed E-state index contributed by atoms with van der Waals surface area (Å²) in [6, 6.07) is 5.85. The van der Waals surface area contributed by atoms with Crippen molar-refractivity contribution in [2.45, 2.75) is 39.5 Å². The quantitative estimate of drug-likeness (QED) is 0.890. The zero-order valence-electron chi connectivity index (χ0n) is 12.0. The molecule has 1 aliphatic carbocycles. The Balaban J connectivity index is 2.11. The molecular weight excluding hydrogens is 254 g/mol. The molecule has 1 aliphatic rings. The van der Waals surface area contributed by atoms with Crippen molar-refractivity contribution in [3.05, 3.63) is 29.3 Å². The molecule has 0 bridgehead atoms. The van der Waals surface area contributed by atoms with Gasteiger partial charge in [-0.15, -0.1) is 0 Å². The molecule has 0 heterocycles. The van der Waals surface area contributed by atoms with Crippen molar-refractivity contribution in [2.75, 3.05) is 5.32 Å². The number of aryl methyl sites for hydroxylation is 2. The van der Waals surface area contributed by atoms with E-state index in [-0.39, 0.29) is 5.91 Å². The molecule has 0 radical (unpaired) electrons. The molecule has 20 heavy (non-hydrogen) atoms. The van der Waals surface area contributed by atoms with E-state index in [4.69, 9.17) is 0 Å². The van der Waals surface area contributed by atoms with Crippen LogP contribution in [-0.2, 0) is 9.59 Å². The topological polar surface area (TPSA) is 66.4 Å². The lowest BCUT2D eigenvalue weighted by molar-refractivity contribution is -0.147. The molecule has 1 saturated carbocycles. The summed E-state index contributed by atoms with van der Waals surface area (Å²) in [5.74, 6) is -1.98. The molecule has 0 aromatic heterocycles. The Morgan fingerprint density at radius 3 is 2.15 bits per heavy atom. The monoisotopic (exact) mass is 275 g/mol. The SMILES string of the molecule is Cc1cc(C)cc(NC(=O)[C@H]2CCCC[C@H]2C(=O)O)c1. The van der Waals surface area contributed by atoms with Crippen molar-refractivity contribution in [1.82, 2.24) is 0 Å². The Kier molecular flexibility index (Phi) is 4.42. The number of carboxylic acids is 1. The molecule has 0 saturated heterocycles. The van der Waals surface area contributed by atoms with Gasteiger partial charge in [-0.2, -0.15) is 0 Å². The number of carbonyl (C=O) groups excluding carboxylic acids is 1. The van der Waals surface area contributed by atoms with Gasteiger partial charge in [-0.3, -0.25) is 9.59 Å². The van der Waals surface area contributed by atoms with E-state index in [1.54, 1.807) is 0 Å². The summed E-state index contributed by atoms with van der Waals surface area (Å²) >= 11 is 0. The lowest BCUT2D eigenvalue weighted by Gasteiger charge is -2.27. The molecule has 2 atom stereocenters. The Bertz CT molecular complexity index is 504. The second-order valence-corrected chi connectivity index (χ2v) is 5.70. The Morgan fingerprint density at radius 2 is 1.60 bits per heavy atom. The molecule has 0 unspecified atom stereocenters. The highest BCUT2D eigenvalue weighted by Crippen LogP contribution is 2.31. The number of benzene rings is 1. The minimum Gasteiger partial charge on any atom is -0.481 e. The van der Waals surface area contributed by atoms with E-state index in [9.17, 15) is 14.7 Å². The zero-order valence-corrected chi connectivity index (χ0v) is 12.0. The van der Waals surface area contributed by atoms with Crippen LogP contribution in [0.25, 0.3) is 0 Å². The van der Waals surface area contributed by atoms with Crippen LogP contribution in [0.2, 0.25) is 0 Å². The van der Waals surface area contributed by atoms with Crippen LogP contribution in [0.1, 0.15) is 36.8 Å². The zero-order chi connectivity index (χ0) is 14.7. The lowest BCUT2D eigenvalue weighted by atomic mass is 9.78. The van der Waals surface area contributed by atoms with Gasteiger partial charge in [-0.1, -0.05) is 18.9 Å². The molecule has 1 aromatic rings. The molecular formula is C16H21NO3. The summed E-state index contributed by atoms with van der Waals surface area (Å²) in [7, 11) is 0. The first-order valence-corrected chi connectivity index (χ1v) is 7.09. The van der Waals surface area contributed by atoms with Gasteiger partial charge in [0.15, 0.2) is 0 Å². The highest BCUT2D eigenvalue weighted by molar-refractivity contribution is 5.95. The summed E-state index contributed by atoms with van der Waals surface area (Å²) in [6.07, 6.45) is 3.08. The maximum Gasteiger partial charge on any atom is 0.307 e. The van der Waals surface area contributed by atoms with Gasteiger partial charge < -0.3 is 10.4 Å². The van der Waals surface area contributed by atoms with Crippen LogP contribution in [0, 0.1) is 25.7 Å². The fraction of sp³-hybridized carbons (Fsp3) is 0.500. The third-order valence-corrected chi connectivity index (χ3v) is 3.91. The number of rotatable bonds is 3. The normalized spacial score (nSPS) is 22.3. The fourth-order valence-corrected chi connectivity index (χ4v) is 3.02. The third-order valence-electron chi connectivity index (χ3n) is 3.91. The van der Waals surface area contributed by atoms with Crippen molar-refractivity contribution >= 4 is 17.6 Å². The van der Waals surface area contributed by atoms with Crippen LogP contribution < -0.4 is 5.32 Å². The van der Waals surface area contributed by atoms with Gasteiger partial charge in [0.05, 0.1) is 11.8 Å². The van der Waals surface area contributed by atoms with Crippen LogP contribution in [-0.4, -0.2) is 17.0 Å². The number of nitrogens with one attached hydrogen (secondary N) is 1. The molecule has 108 valence electrons. The minimum atomic E-state index is -0.856. The van der Waals surface area contributed by atoms with E-state index < -0.39 is 17.8 Å². The van der Waals surface area contributed by atoms with E-state index in [2.05, 4.69) is 5.32 Å². The largest absolute Gasteiger partial charge is 0.481 e. The lowest BCUT2D eigenvalue weighted by Crippen LogP contribution is -2.36.